The quantitative estimate of drug-likeness (QED) is 0.741. The second kappa shape index (κ2) is 4.89. The number of halogens is 2. The fourth-order valence-electron chi connectivity index (χ4n) is 1.80. The average Bonchev–Trinajstić information content (AvgIpc) is 2.34. The van der Waals surface area contributed by atoms with E-state index in [0.717, 1.165) is 0 Å². The van der Waals surface area contributed by atoms with Crippen LogP contribution in [0, 0.1) is 5.82 Å². The molecule has 0 unspecified atom stereocenters. The van der Waals surface area contributed by atoms with Gasteiger partial charge in [-0.2, -0.15) is 0 Å². The molecule has 6 heteroatoms. The summed E-state index contributed by atoms with van der Waals surface area (Å²) < 4.78 is 13.7. The Morgan fingerprint density at radius 1 is 1.41 bits per heavy atom. The van der Waals surface area contributed by atoms with Crippen LogP contribution in [0.5, 0.6) is 0 Å². The molecule has 1 aliphatic heterocycles. The summed E-state index contributed by atoms with van der Waals surface area (Å²) in [5.41, 5.74) is 5.29. The first-order valence-electron chi connectivity index (χ1n) is 5.34. The number of amides is 1. The number of rotatable bonds is 1. The molecule has 1 fully saturated rings. The zero-order chi connectivity index (χ0) is 12.4. The van der Waals surface area contributed by atoms with Crippen LogP contribution in [-0.4, -0.2) is 37.0 Å². The number of piperazine rings is 1. The maximum absolute atomic E-state index is 13.7. The topological polar surface area (TPSA) is 58.4 Å². The Morgan fingerprint density at radius 2 is 2.06 bits per heavy atom. The van der Waals surface area contributed by atoms with Gasteiger partial charge in [0.15, 0.2) is 5.82 Å². The van der Waals surface area contributed by atoms with Crippen LogP contribution in [0.4, 0.5) is 10.1 Å². The maximum Gasteiger partial charge on any atom is 0.257 e. The van der Waals surface area contributed by atoms with E-state index in [-0.39, 0.29) is 22.2 Å². The van der Waals surface area contributed by atoms with Crippen molar-refractivity contribution in [1.29, 1.82) is 0 Å². The zero-order valence-electron chi connectivity index (χ0n) is 9.17. The lowest BCUT2D eigenvalue weighted by Gasteiger charge is -2.27. The van der Waals surface area contributed by atoms with E-state index in [4.69, 9.17) is 17.3 Å². The molecule has 0 aliphatic carbocycles. The number of nitrogens with one attached hydrogen (secondary N) is 1. The molecule has 0 aromatic heterocycles. The Hall–Kier alpha value is -1.33. The summed E-state index contributed by atoms with van der Waals surface area (Å²) >= 11 is 5.78. The fraction of sp³-hybridized carbons (Fsp3) is 0.364. The van der Waals surface area contributed by atoms with Crippen LogP contribution in [-0.2, 0) is 0 Å². The van der Waals surface area contributed by atoms with E-state index in [0.29, 0.717) is 26.2 Å². The molecule has 0 saturated carbocycles. The SMILES string of the molecule is Nc1cc(Cl)cc(C(=O)N2CCNCC2)c1F. The molecule has 0 radical (unpaired) electrons. The van der Waals surface area contributed by atoms with E-state index >= 15 is 0 Å². The molecular weight excluding hydrogens is 245 g/mol. The van der Waals surface area contributed by atoms with E-state index in [1.165, 1.54) is 12.1 Å². The minimum absolute atomic E-state index is 0.0584. The molecular formula is C11H13ClFN3O. The molecule has 17 heavy (non-hydrogen) atoms. The highest BCUT2D eigenvalue weighted by atomic mass is 35.5. The van der Waals surface area contributed by atoms with Gasteiger partial charge >= 0.3 is 0 Å². The van der Waals surface area contributed by atoms with Gasteiger partial charge < -0.3 is 16.0 Å². The Labute approximate surface area is 104 Å². The first-order valence-corrected chi connectivity index (χ1v) is 5.72. The lowest BCUT2D eigenvalue weighted by atomic mass is 10.1. The summed E-state index contributed by atoms with van der Waals surface area (Å²) in [6.07, 6.45) is 0. The number of carbonyl (C=O) groups excluding carboxylic acids is 1. The Kier molecular flexibility index (Phi) is 3.49. The standard InChI is InChI=1S/C11H13ClFN3O/c12-7-5-8(10(13)9(14)6-7)11(17)16-3-1-15-2-4-16/h5-6,15H,1-4,14H2. The lowest BCUT2D eigenvalue weighted by molar-refractivity contribution is 0.0731. The molecule has 0 bridgehead atoms. The van der Waals surface area contributed by atoms with Crippen molar-refractivity contribution in [2.45, 2.75) is 0 Å². The molecule has 92 valence electrons. The van der Waals surface area contributed by atoms with Crippen molar-refractivity contribution in [3.05, 3.63) is 28.5 Å². The van der Waals surface area contributed by atoms with Crippen molar-refractivity contribution in [2.24, 2.45) is 0 Å². The van der Waals surface area contributed by atoms with Crippen molar-refractivity contribution < 1.29 is 9.18 Å². The molecule has 4 nitrogen and oxygen atoms in total. The third kappa shape index (κ3) is 2.50. The highest BCUT2D eigenvalue weighted by molar-refractivity contribution is 6.31. The van der Waals surface area contributed by atoms with Gasteiger partial charge in [-0.05, 0) is 12.1 Å². The molecule has 1 aromatic carbocycles. The molecule has 0 spiro atoms. The second-order valence-corrected chi connectivity index (χ2v) is 4.34. The van der Waals surface area contributed by atoms with Crippen LogP contribution in [0.15, 0.2) is 12.1 Å². The third-order valence-corrected chi connectivity index (χ3v) is 2.92. The Morgan fingerprint density at radius 3 is 2.71 bits per heavy atom. The van der Waals surface area contributed by atoms with Crippen LogP contribution < -0.4 is 11.1 Å². The number of nitrogens with two attached hydrogens (primary N) is 1. The van der Waals surface area contributed by atoms with E-state index in [1.54, 1.807) is 4.90 Å². The second-order valence-electron chi connectivity index (χ2n) is 3.90. The largest absolute Gasteiger partial charge is 0.396 e. The molecule has 1 saturated heterocycles. The van der Waals surface area contributed by atoms with Gasteiger partial charge in [0.1, 0.15) is 0 Å². The van der Waals surface area contributed by atoms with E-state index in [2.05, 4.69) is 5.32 Å². The molecule has 2 rings (SSSR count). The van der Waals surface area contributed by atoms with Crippen molar-refractivity contribution in [3.63, 3.8) is 0 Å². The Balaban J connectivity index is 2.29. The molecule has 1 aliphatic rings. The van der Waals surface area contributed by atoms with Gasteiger partial charge in [0.05, 0.1) is 11.3 Å². The van der Waals surface area contributed by atoms with Gasteiger partial charge in [0, 0.05) is 31.2 Å². The first-order chi connectivity index (χ1) is 8.09. The van der Waals surface area contributed by atoms with Crippen molar-refractivity contribution in [1.82, 2.24) is 10.2 Å². The van der Waals surface area contributed by atoms with Crippen molar-refractivity contribution >= 4 is 23.2 Å². The van der Waals surface area contributed by atoms with Crippen LogP contribution in [0.2, 0.25) is 5.02 Å². The van der Waals surface area contributed by atoms with Crippen molar-refractivity contribution in [2.75, 3.05) is 31.9 Å². The highest BCUT2D eigenvalue weighted by Crippen LogP contribution is 2.22. The van der Waals surface area contributed by atoms with Crippen LogP contribution >= 0.6 is 11.6 Å². The molecule has 0 atom stereocenters. The van der Waals surface area contributed by atoms with E-state index < -0.39 is 5.82 Å². The predicted molar refractivity (Wildman–Crippen MR) is 64.6 cm³/mol. The monoisotopic (exact) mass is 257 g/mol. The number of nitrogens with zero attached hydrogens (tertiary/aromatic N) is 1. The lowest BCUT2D eigenvalue weighted by Crippen LogP contribution is -2.46. The van der Waals surface area contributed by atoms with Gasteiger partial charge in [0.2, 0.25) is 0 Å². The van der Waals surface area contributed by atoms with Gasteiger partial charge in [-0.1, -0.05) is 11.6 Å². The summed E-state index contributed by atoms with van der Waals surface area (Å²) in [6, 6.07) is 2.61. The fourth-order valence-corrected chi connectivity index (χ4v) is 2.03. The van der Waals surface area contributed by atoms with Crippen molar-refractivity contribution in [3.8, 4) is 0 Å². The van der Waals surface area contributed by atoms with Crippen LogP contribution in [0.25, 0.3) is 0 Å². The Bertz CT molecular complexity index is 447. The van der Waals surface area contributed by atoms with Gasteiger partial charge in [-0.25, -0.2) is 4.39 Å². The summed E-state index contributed by atoms with van der Waals surface area (Å²) in [5, 5.41) is 3.39. The van der Waals surface area contributed by atoms with E-state index in [1.807, 2.05) is 0 Å². The van der Waals surface area contributed by atoms with Gasteiger partial charge in [0.25, 0.3) is 5.91 Å². The van der Waals surface area contributed by atoms with E-state index in [9.17, 15) is 9.18 Å². The third-order valence-electron chi connectivity index (χ3n) is 2.70. The number of anilines is 1. The number of carbonyl (C=O) groups is 1. The predicted octanol–water partition coefficient (Wildman–Crippen LogP) is 1.11. The van der Waals surface area contributed by atoms with Gasteiger partial charge in [-0.15, -0.1) is 0 Å². The zero-order valence-corrected chi connectivity index (χ0v) is 9.93. The average molecular weight is 258 g/mol. The smallest absolute Gasteiger partial charge is 0.257 e. The number of nitrogen functional groups attached to an aromatic ring is 1. The maximum atomic E-state index is 13.7. The van der Waals surface area contributed by atoms with Crippen LogP contribution in [0.3, 0.4) is 0 Å². The molecule has 1 heterocycles. The minimum Gasteiger partial charge on any atom is -0.396 e. The molecule has 1 amide bonds. The highest BCUT2D eigenvalue weighted by Gasteiger charge is 2.22. The molecule has 3 N–H and O–H groups in total. The normalized spacial score (nSPS) is 16.0. The van der Waals surface area contributed by atoms with Crippen LogP contribution in [0.1, 0.15) is 10.4 Å². The van der Waals surface area contributed by atoms with Gasteiger partial charge in [-0.3, -0.25) is 4.79 Å². The number of benzene rings is 1. The number of hydrogen-bond donors (Lipinski definition) is 2. The molecule has 1 aromatic rings. The summed E-state index contributed by atoms with van der Waals surface area (Å²) in [7, 11) is 0. The summed E-state index contributed by atoms with van der Waals surface area (Å²) in [4.78, 5) is 13.7. The number of hydrogen-bond acceptors (Lipinski definition) is 3. The first kappa shape index (κ1) is 12.1. The summed E-state index contributed by atoms with van der Waals surface area (Å²) in [5.74, 6) is -1.06. The summed E-state index contributed by atoms with van der Waals surface area (Å²) in [6.45, 7) is 2.54. The minimum atomic E-state index is -0.696.